The molecule has 1 unspecified atom stereocenters. The van der Waals surface area contributed by atoms with Crippen molar-refractivity contribution in [1.29, 1.82) is 0 Å². The van der Waals surface area contributed by atoms with Gasteiger partial charge >= 0.3 is 29.4 Å². The van der Waals surface area contributed by atoms with Gasteiger partial charge in [-0.2, -0.15) is 32.8 Å². The van der Waals surface area contributed by atoms with Crippen LogP contribution in [0.3, 0.4) is 0 Å². The molecule has 0 spiro atoms. The Hall–Kier alpha value is -1.43. The fourth-order valence-electron chi connectivity index (χ4n) is 2.86. The smallest absolute Gasteiger partial charge is 0.439 e. The Labute approximate surface area is 183 Å². The fraction of sp³-hybridized carbons (Fsp3) is 0.300. The molecule has 1 atom stereocenters. The molecule has 0 aliphatic heterocycles. The summed E-state index contributed by atoms with van der Waals surface area (Å²) < 4.78 is 90.6. The van der Waals surface area contributed by atoms with E-state index in [2.05, 4.69) is 0 Å². The van der Waals surface area contributed by atoms with Gasteiger partial charge in [0.25, 0.3) is 8.38 Å². The second kappa shape index (κ2) is 10.7. The van der Waals surface area contributed by atoms with E-state index in [0.717, 1.165) is 30.7 Å². The molecule has 10 heteroatoms. The van der Waals surface area contributed by atoms with Gasteiger partial charge in [0.05, 0.1) is 11.1 Å². The van der Waals surface area contributed by atoms with Gasteiger partial charge in [-0.25, -0.2) is 0 Å². The standard InChI is InChI=1S/C19H16F6O2P.CH3.Fe/c20-18(21,22)14-9-3-5-11-16(14)26-28(13-7-1-2-8-13)27-17-12-6-4-10-15(17)19(23,24)25;;/h3-7,9-13H,1-2,8H2;1H3;/q2*-1;+2. The summed E-state index contributed by atoms with van der Waals surface area (Å²) in [5.41, 5.74) is -2.35. The molecule has 1 saturated carbocycles. The van der Waals surface area contributed by atoms with Gasteiger partial charge in [0, 0.05) is 0 Å². The molecule has 1 aliphatic carbocycles. The van der Waals surface area contributed by atoms with Crippen LogP contribution in [0.1, 0.15) is 30.4 Å². The molecule has 0 amide bonds. The van der Waals surface area contributed by atoms with Crippen LogP contribution in [-0.2, 0) is 29.4 Å². The first-order valence-corrected chi connectivity index (χ1v) is 9.72. The Morgan fingerprint density at radius 3 is 1.60 bits per heavy atom. The molecule has 2 aromatic carbocycles. The van der Waals surface area contributed by atoms with E-state index < -0.39 is 43.4 Å². The van der Waals surface area contributed by atoms with E-state index in [1.807, 2.05) is 6.42 Å². The molecule has 0 bridgehead atoms. The van der Waals surface area contributed by atoms with E-state index in [4.69, 9.17) is 9.05 Å². The van der Waals surface area contributed by atoms with Crippen molar-refractivity contribution in [3.05, 3.63) is 73.5 Å². The molecule has 0 radical (unpaired) electrons. The van der Waals surface area contributed by atoms with Crippen LogP contribution in [0.2, 0.25) is 0 Å². The van der Waals surface area contributed by atoms with Crippen LogP contribution in [0.5, 0.6) is 11.5 Å². The monoisotopic (exact) mass is 492 g/mol. The maximum absolute atomic E-state index is 13.3. The molecule has 0 N–H and O–H groups in total. The summed E-state index contributed by atoms with van der Waals surface area (Å²) in [5.74, 6) is -0.906. The van der Waals surface area contributed by atoms with Gasteiger partial charge in [-0.3, -0.25) is 0 Å². The summed E-state index contributed by atoms with van der Waals surface area (Å²) in [5, 5.41) is 0. The Bertz CT molecular complexity index is 747. The Morgan fingerprint density at radius 1 is 0.800 bits per heavy atom. The largest absolute Gasteiger partial charge is 2.00 e. The molecule has 0 saturated heterocycles. The summed E-state index contributed by atoms with van der Waals surface area (Å²) in [6.45, 7) is 0. The van der Waals surface area contributed by atoms with E-state index in [1.165, 1.54) is 24.3 Å². The molecule has 1 fully saturated rings. The number of hydrogen-bond acceptors (Lipinski definition) is 2. The first-order valence-electron chi connectivity index (χ1n) is 8.47. The summed E-state index contributed by atoms with van der Waals surface area (Å²) in [4.78, 5) is 0. The van der Waals surface area contributed by atoms with E-state index in [-0.39, 0.29) is 30.2 Å². The minimum absolute atomic E-state index is 0. The van der Waals surface area contributed by atoms with Crippen molar-refractivity contribution in [2.45, 2.75) is 37.3 Å². The first kappa shape index (κ1) is 26.6. The van der Waals surface area contributed by atoms with Crippen LogP contribution in [0.4, 0.5) is 26.3 Å². The predicted molar refractivity (Wildman–Crippen MR) is 99.4 cm³/mol. The molecule has 30 heavy (non-hydrogen) atoms. The normalized spacial score (nSPS) is 16.6. The van der Waals surface area contributed by atoms with Crippen molar-refractivity contribution in [2.75, 3.05) is 0 Å². The molecule has 2 nitrogen and oxygen atoms in total. The van der Waals surface area contributed by atoms with Crippen molar-refractivity contribution >= 4 is 8.38 Å². The van der Waals surface area contributed by atoms with Crippen LogP contribution < -0.4 is 9.05 Å². The molecule has 2 aromatic rings. The maximum Gasteiger partial charge on any atom is 2.00 e. The number of rotatable bonds is 5. The van der Waals surface area contributed by atoms with Crippen molar-refractivity contribution < 1.29 is 52.5 Å². The van der Waals surface area contributed by atoms with Crippen LogP contribution in [-0.4, -0.2) is 5.66 Å². The van der Waals surface area contributed by atoms with E-state index in [1.54, 1.807) is 0 Å². The molecule has 166 valence electrons. The van der Waals surface area contributed by atoms with Gasteiger partial charge in [0.1, 0.15) is 11.5 Å². The van der Waals surface area contributed by atoms with Gasteiger partial charge in [-0.15, -0.1) is 0 Å². The zero-order chi connectivity index (χ0) is 20.4. The minimum atomic E-state index is -4.65. The summed E-state index contributed by atoms with van der Waals surface area (Å²) in [6, 6.07) is 9.22. The zero-order valence-electron chi connectivity index (χ0n) is 15.8. The molecular weight excluding hydrogens is 473 g/mol. The van der Waals surface area contributed by atoms with Gasteiger partial charge in [-0.05, 0) is 24.3 Å². The molecule has 0 aromatic heterocycles. The molecule has 0 heterocycles. The fourth-order valence-corrected chi connectivity index (χ4v) is 4.58. The number of hydrogen-bond donors (Lipinski definition) is 0. The third-order valence-electron chi connectivity index (χ3n) is 4.18. The SMILES string of the molecule is FC(F)(F)c1ccccc1OP(Oc1ccccc1C(F)(F)F)C1[CH-]CCC1.[CH3-].[Fe+2]. The Balaban J connectivity index is 0.00000225. The van der Waals surface area contributed by atoms with Crippen molar-refractivity contribution in [1.82, 2.24) is 0 Å². The Morgan fingerprint density at radius 2 is 1.23 bits per heavy atom. The predicted octanol–water partition coefficient (Wildman–Crippen LogP) is 7.70. The van der Waals surface area contributed by atoms with E-state index in [0.29, 0.717) is 12.8 Å². The maximum atomic E-state index is 13.3. The second-order valence-electron chi connectivity index (χ2n) is 6.19. The van der Waals surface area contributed by atoms with Crippen LogP contribution >= 0.6 is 8.38 Å². The van der Waals surface area contributed by atoms with Gasteiger partial charge < -0.3 is 22.9 Å². The summed E-state index contributed by atoms with van der Waals surface area (Å²) >= 11 is 0. The third-order valence-corrected chi connectivity index (χ3v) is 5.94. The van der Waals surface area contributed by atoms with Crippen molar-refractivity contribution in [3.8, 4) is 11.5 Å². The van der Waals surface area contributed by atoms with Crippen molar-refractivity contribution in [2.24, 2.45) is 0 Å². The topological polar surface area (TPSA) is 18.5 Å². The van der Waals surface area contributed by atoms with Gasteiger partial charge in [0.15, 0.2) is 0 Å². The van der Waals surface area contributed by atoms with Crippen LogP contribution in [0.25, 0.3) is 0 Å². The van der Waals surface area contributed by atoms with E-state index in [9.17, 15) is 26.3 Å². The number of halogens is 6. The van der Waals surface area contributed by atoms with Crippen LogP contribution in [0.15, 0.2) is 48.5 Å². The minimum Gasteiger partial charge on any atom is -0.439 e. The van der Waals surface area contributed by atoms with E-state index >= 15 is 0 Å². The summed E-state index contributed by atoms with van der Waals surface area (Å²) in [6.07, 6.45) is -5.41. The average molecular weight is 492 g/mol. The zero-order valence-corrected chi connectivity index (χ0v) is 17.8. The second-order valence-corrected chi connectivity index (χ2v) is 7.79. The number of para-hydroxylation sites is 2. The van der Waals surface area contributed by atoms with Crippen molar-refractivity contribution in [3.63, 3.8) is 0 Å². The van der Waals surface area contributed by atoms with Crippen LogP contribution in [0, 0.1) is 13.8 Å². The third kappa shape index (κ3) is 6.53. The number of benzene rings is 2. The molecular formula is C20H19F6FeO2P. The average Bonchev–Trinajstić information content (AvgIpc) is 3.15. The summed E-state index contributed by atoms with van der Waals surface area (Å²) in [7, 11) is -2.10. The molecule has 1 aliphatic rings. The first-order chi connectivity index (χ1) is 13.2. The number of alkyl halides is 6. The Kier molecular flexibility index (Phi) is 9.52. The quantitative estimate of drug-likeness (QED) is 0.184. The van der Waals surface area contributed by atoms with Gasteiger partial charge in [-0.1, -0.05) is 42.8 Å². The van der Waals surface area contributed by atoms with Gasteiger partial charge in [0.2, 0.25) is 0 Å². The molecule has 3 rings (SSSR count).